The molecular formula is C18H29NO4. The molecular weight excluding hydrogens is 294 g/mol. The molecule has 0 radical (unpaired) electrons. The Balaban J connectivity index is 1.21. The van der Waals surface area contributed by atoms with Crippen molar-refractivity contribution in [3.05, 3.63) is 0 Å². The predicted molar refractivity (Wildman–Crippen MR) is 85.1 cm³/mol. The van der Waals surface area contributed by atoms with Gasteiger partial charge in [0.2, 0.25) is 5.91 Å². The smallest absolute Gasteiger partial charge is 0.223 e. The van der Waals surface area contributed by atoms with Gasteiger partial charge in [0.1, 0.15) is 5.60 Å². The van der Waals surface area contributed by atoms with Crippen LogP contribution in [0.4, 0.5) is 0 Å². The van der Waals surface area contributed by atoms with Crippen LogP contribution in [0.25, 0.3) is 0 Å². The molecule has 4 fully saturated rings. The molecule has 1 spiro atoms. The van der Waals surface area contributed by atoms with E-state index in [-0.39, 0.29) is 5.60 Å². The number of carbonyl (C=O) groups excluding carboxylic acids is 1. The fourth-order valence-corrected chi connectivity index (χ4v) is 4.05. The van der Waals surface area contributed by atoms with Crippen LogP contribution in [-0.4, -0.2) is 62.0 Å². The molecule has 23 heavy (non-hydrogen) atoms. The molecule has 0 aromatic rings. The van der Waals surface area contributed by atoms with E-state index in [2.05, 4.69) is 0 Å². The minimum absolute atomic E-state index is 0.113. The van der Waals surface area contributed by atoms with E-state index in [9.17, 15) is 4.79 Å². The van der Waals surface area contributed by atoms with Gasteiger partial charge in [-0.1, -0.05) is 0 Å². The van der Waals surface area contributed by atoms with Crippen LogP contribution in [0.2, 0.25) is 0 Å². The number of likely N-dealkylation sites (tertiary alicyclic amines) is 1. The maximum absolute atomic E-state index is 12.1. The summed E-state index contributed by atoms with van der Waals surface area (Å²) in [6.07, 6.45) is 7.71. The van der Waals surface area contributed by atoms with E-state index in [1.165, 1.54) is 12.8 Å². The van der Waals surface area contributed by atoms with E-state index < -0.39 is 0 Å². The highest BCUT2D eigenvalue weighted by molar-refractivity contribution is 5.78. The average molecular weight is 323 g/mol. The fourth-order valence-electron chi connectivity index (χ4n) is 4.05. The second-order valence-corrected chi connectivity index (χ2v) is 7.93. The van der Waals surface area contributed by atoms with E-state index in [1.807, 2.05) is 4.90 Å². The van der Waals surface area contributed by atoms with E-state index in [0.717, 1.165) is 71.6 Å². The Morgan fingerprint density at radius 3 is 2.57 bits per heavy atom. The molecule has 0 aromatic carbocycles. The first-order valence-corrected chi connectivity index (χ1v) is 9.33. The van der Waals surface area contributed by atoms with Gasteiger partial charge in [-0.25, -0.2) is 0 Å². The first kappa shape index (κ1) is 15.9. The van der Waals surface area contributed by atoms with Crippen molar-refractivity contribution in [2.24, 2.45) is 11.8 Å². The highest BCUT2D eigenvalue weighted by Gasteiger charge is 2.49. The Hall–Kier alpha value is -0.650. The van der Waals surface area contributed by atoms with Crippen molar-refractivity contribution in [3.63, 3.8) is 0 Å². The van der Waals surface area contributed by atoms with Crippen molar-refractivity contribution >= 4 is 5.91 Å². The number of rotatable bonds is 5. The summed E-state index contributed by atoms with van der Waals surface area (Å²) < 4.78 is 17.6. The van der Waals surface area contributed by atoms with Gasteiger partial charge < -0.3 is 19.1 Å². The number of hydrogen-bond donors (Lipinski definition) is 0. The van der Waals surface area contributed by atoms with E-state index in [4.69, 9.17) is 14.2 Å². The van der Waals surface area contributed by atoms with Crippen molar-refractivity contribution in [2.45, 2.75) is 56.7 Å². The largest absolute Gasteiger partial charge is 0.381 e. The lowest BCUT2D eigenvalue weighted by atomic mass is 9.84. The molecule has 3 heterocycles. The van der Waals surface area contributed by atoms with Crippen LogP contribution in [0, 0.1) is 11.8 Å². The molecule has 1 unspecified atom stereocenters. The molecule has 4 rings (SSSR count). The average Bonchev–Trinajstić information content (AvgIpc) is 3.36. The van der Waals surface area contributed by atoms with Crippen molar-refractivity contribution < 1.29 is 19.0 Å². The minimum Gasteiger partial charge on any atom is -0.381 e. The van der Waals surface area contributed by atoms with Crippen LogP contribution in [0.5, 0.6) is 0 Å². The van der Waals surface area contributed by atoms with Gasteiger partial charge in [-0.2, -0.15) is 0 Å². The Bertz CT molecular complexity index is 425. The van der Waals surface area contributed by atoms with Gasteiger partial charge in [0.05, 0.1) is 19.2 Å². The molecule has 1 amide bonds. The second kappa shape index (κ2) is 6.69. The summed E-state index contributed by atoms with van der Waals surface area (Å²) in [4.78, 5) is 14.1. The first-order valence-electron chi connectivity index (χ1n) is 9.33. The first-order chi connectivity index (χ1) is 11.2. The van der Waals surface area contributed by atoms with E-state index in [1.54, 1.807) is 0 Å². The maximum Gasteiger partial charge on any atom is 0.223 e. The Morgan fingerprint density at radius 1 is 1.04 bits per heavy atom. The van der Waals surface area contributed by atoms with Crippen LogP contribution in [0.15, 0.2) is 0 Å². The monoisotopic (exact) mass is 323 g/mol. The normalized spacial score (nSPS) is 31.1. The van der Waals surface area contributed by atoms with E-state index in [0.29, 0.717) is 23.8 Å². The van der Waals surface area contributed by atoms with E-state index >= 15 is 0 Å². The van der Waals surface area contributed by atoms with Crippen molar-refractivity contribution in [1.82, 2.24) is 4.90 Å². The minimum atomic E-state index is -0.113. The molecule has 1 saturated carbocycles. The standard InChI is InChI=1S/C18H29NO4/c20-17(9-14-1-2-14)19-12-18(13-19)10-16(5-8-23-18)22-11-15-3-6-21-7-4-15/h14-16H,1-13H2. The number of hydrogen-bond acceptors (Lipinski definition) is 4. The number of carbonyl (C=O) groups is 1. The summed E-state index contributed by atoms with van der Waals surface area (Å²) in [5.41, 5.74) is -0.113. The Labute approximate surface area is 138 Å². The Morgan fingerprint density at radius 2 is 1.83 bits per heavy atom. The lowest BCUT2D eigenvalue weighted by molar-refractivity contribution is -0.203. The van der Waals surface area contributed by atoms with Crippen LogP contribution < -0.4 is 0 Å². The Kier molecular flexibility index (Phi) is 4.61. The third kappa shape index (κ3) is 3.89. The summed E-state index contributed by atoms with van der Waals surface area (Å²) >= 11 is 0. The maximum atomic E-state index is 12.1. The van der Waals surface area contributed by atoms with Gasteiger partial charge in [-0.05, 0) is 43.9 Å². The lowest BCUT2D eigenvalue weighted by Crippen LogP contribution is -2.67. The summed E-state index contributed by atoms with van der Waals surface area (Å²) in [7, 11) is 0. The zero-order valence-corrected chi connectivity index (χ0v) is 14.0. The zero-order chi connectivity index (χ0) is 15.7. The molecule has 5 nitrogen and oxygen atoms in total. The third-order valence-electron chi connectivity index (χ3n) is 5.83. The second-order valence-electron chi connectivity index (χ2n) is 7.93. The SMILES string of the molecule is O=C(CC1CC1)N1CC2(CC(OCC3CCOCC3)CCO2)C1. The van der Waals surface area contributed by atoms with Gasteiger partial charge in [-0.15, -0.1) is 0 Å². The topological polar surface area (TPSA) is 48.0 Å². The molecule has 0 N–H and O–H groups in total. The molecule has 5 heteroatoms. The summed E-state index contributed by atoms with van der Waals surface area (Å²) in [6, 6.07) is 0. The lowest BCUT2D eigenvalue weighted by Gasteiger charge is -2.53. The van der Waals surface area contributed by atoms with Crippen LogP contribution in [0.3, 0.4) is 0 Å². The van der Waals surface area contributed by atoms with Gasteiger partial charge >= 0.3 is 0 Å². The fraction of sp³-hybridized carbons (Fsp3) is 0.944. The molecule has 0 bridgehead atoms. The predicted octanol–water partition coefficient (Wildman–Crippen LogP) is 1.99. The van der Waals surface area contributed by atoms with Gasteiger partial charge in [0, 0.05) is 39.3 Å². The molecule has 0 aromatic heterocycles. The number of amides is 1. The summed E-state index contributed by atoms with van der Waals surface area (Å²) in [5.74, 6) is 1.65. The van der Waals surface area contributed by atoms with Crippen LogP contribution in [-0.2, 0) is 19.0 Å². The van der Waals surface area contributed by atoms with Gasteiger partial charge in [-0.3, -0.25) is 4.79 Å². The third-order valence-corrected chi connectivity index (χ3v) is 5.83. The van der Waals surface area contributed by atoms with Gasteiger partial charge in [0.15, 0.2) is 0 Å². The highest BCUT2D eigenvalue weighted by atomic mass is 16.5. The molecule has 1 atom stereocenters. The molecule has 1 aliphatic carbocycles. The van der Waals surface area contributed by atoms with Crippen molar-refractivity contribution in [2.75, 3.05) is 39.5 Å². The quantitative estimate of drug-likeness (QED) is 0.776. The van der Waals surface area contributed by atoms with Crippen LogP contribution in [0.1, 0.15) is 44.9 Å². The zero-order valence-electron chi connectivity index (χ0n) is 14.0. The summed E-state index contributed by atoms with van der Waals surface area (Å²) in [5, 5.41) is 0. The van der Waals surface area contributed by atoms with Crippen molar-refractivity contribution in [1.29, 1.82) is 0 Å². The van der Waals surface area contributed by atoms with Gasteiger partial charge in [0.25, 0.3) is 0 Å². The molecule has 3 saturated heterocycles. The molecule has 130 valence electrons. The van der Waals surface area contributed by atoms with Crippen molar-refractivity contribution in [3.8, 4) is 0 Å². The highest BCUT2D eigenvalue weighted by Crippen LogP contribution is 2.38. The summed E-state index contributed by atoms with van der Waals surface area (Å²) in [6.45, 7) is 4.93. The molecule has 4 aliphatic rings. The number of nitrogens with zero attached hydrogens (tertiary/aromatic N) is 1. The molecule has 3 aliphatic heterocycles. The van der Waals surface area contributed by atoms with Crippen LogP contribution >= 0.6 is 0 Å². The number of ether oxygens (including phenoxy) is 3.